The smallest absolute Gasteiger partial charge is 0.160 e. The van der Waals surface area contributed by atoms with Gasteiger partial charge in [0, 0.05) is 6.42 Å². The van der Waals surface area contributed by atoms with Crippen molar-refractivity contribution in [2.75, 3.05) is 19.8 Å². The summed E-state index contributed by atoms with van der Waals surface area (Å²) < 4.78 is 10.1. The van der Waals surface area contributed by atoms with Gasteiger partial charge in [-0.15, -0.1) is 0 Å². The average Bonchev–Trinajstić information content (AvgIpc) is 2.40. The molecule has 1 aliphatic heterocycles. The van der Waals surface area contributed by atoms with Gasteiger partial charge >= 0.3 is 0 Å². The lowest BCUT2D eigenvalue weighted by Gasteiger charge is -2.11. The van der Waals surface area contributed by atoms with E-state index < -0.39 is 6.10 Å². The summed E-state index contributed by atoms with van der Waals surface area (Å²) in [6, 6.07) is 0. The molecule has 2 N–H and O–H groups in total. The van der Waals surface area contributed by atoms with E-state index in [0.717, 1.165) is 0 Å². The van der Waals surface area contributed by atoms with Crippen LogP contribution in [0.15, 0.2) is 0 Å². The number of aliphatic hydroxyl groups excluding tert-OH is 2. The second-order valence-electron chi connectivity index (χ2n) is 2.24. The minimum Gasteiger partial charge on any atom is -0.394 e. The highest BCUT2D eigenvalue weighted by molar-refractivity contribution is 4.59. The quantitative estimate of drug-likeness (QED) is 0.544. The van der Waals surface area contributed by atoms with Crippen LogP contribution in [-0.2, 0) is 9.47 Å². The van der Waals surface area contributed by atoms with Crippen LogP contribution in [0, 0.1) is 0 Å². The van der Waals surface area contributed by atoms with Crippen molar-refractivity contribution in [3.63, 3.8) is 0 Å². The molecule has 0 aliphatic carbocycles. The van der Waals surface area contributed by atoms with E-state index in [9.17, 15) is 0 Å². The van der Waals surface area contributed by atoms with Gasteiger partial charge < -0.3 is 19.7 Å². The van der Waals surface area contributed by atoms with Crippen molar-refractivity contribution in [1.82, 2.24) is 0 Å². The average molecular weight is 148 g/mol. The first-order valence-electron chi connectivity index (χ1n) is 3.35. The van der Waals surface area contributed by atoms with Gasteiger partial charge in [0.05, 0.1) is 25.9 Å². The molecule has 1 rings (SSSR count). The minimum atomic E-state index is -0.719. The highest BCUT2D eigenvalue weighted by Gasteiger charge is 2.19. The molecule has 60 valence electrons. The maximum atomic E-state index is 8.91. The van der Waals surface area contributed by atoms with Crippen LogP contribution < -0.4 is 0 Å². The zero-order chi connectivity index (χ0) is 7.40. The van der Waals surface area contributed by atoms with Crippen LogP contribution in [0.3, 0.4) is 0 Å². The summed E-state index contributed by atoms with van der Waals surface area (Å²) in [7, 11) is 0. The molecule has 10 heavy (non-hydrogen) atoms. The lowest BCUT2D eigenvalue weighted by atomic mass is 10.2. The van der Waals surface area contributed by atoms with Gasteiger partial charge in [-0.25, -0.2) is 0 Å². The van der Waals surface area contributed by atoms with Crippen LogP contribution in [0.1, 0.15) is 6.42 Å². The Bertz CT molecular complexity index is 89.7. The van der Waals surface area contributed by atoms with E-state index in [1.165, 1.54) is 0 Å². The van der Waals surface area contributed by atoms with Crippen molar-refractivity contribution in [2.24, 2.45) is 0 Å². The highest BCUT2D eigenvalue weighted by Crippen LogP contribution is 2.09. The van der Waals surface area contributed by atoms with Gasteiger partial charge in [0.15, 0.2) is 6.29 Å². The third-order valence-electron chi connectivity index (χ3n) is 1.37. The molecule has 1 fully saturated rings. The summed E-state index contributed by atoms with van der Waals surface area (Å²) >= 11 is 0. The van der Waals surface area contributed by atoms with E-state index in [1.54, 1.807) is 0 Å². The molecule has 1 saturated heterocycles. The third kappa shape index (κ3) is 2.22. The molecule has 0 amide bonds. The van der Waals surface area contributed by atoms with Crippen molar-refractivity contribution < 1.29 is 19.7 Å². The topological polar surface area (TPSA) is 58.9 Å². The van der Waals surface area contributed by atoms with Crippen molar-refractivity contribution >= 4 is 0 Å². The second-order valence-corrected chi connectivity index (χ2v) is 2.24. The van der Waals surface area contributed by atoms with Crippen molar-refractivity contribution in [3.8, 4) is 0 Å². The summed E-state index contributed by atoms with van der Waals surface area (Å²) in [5, 5.41) is 17.3. The van der Waals surface area contributed by atoms with Crippen molar-refractivity contribution in [2.45, 2.75) is 18.8 Å². The fourth-order valence-electron chi connectivity index (χ4n) is 0.840. The largest absolute Gasteiger partial charge is 0.394 e. The number of rotatable bonds is 3. The molecule has 0 aromatic carbocycles. The zero-order valence-electron chi connectivity index (χ0n) is 5.69. The molecule has 1 unspecified atom stereocenters. The Hall–Kier alpha value is -0.160. The number of aliphatic hydroxyl groups is 2. The van der Waals surface area contributed by atoms with E-state index >= 15 is 0 Å². The normalized spacial score (nSPS) is 23.4. The third-order valence-corrected chi connectivity index (χ3v) is 1.37. The van der Waals surface area contributed by atoms with E-state index in [1.807, 2.05) is 0 Å². The maximum absolute atomic E-state index is 8.91. The van der Waals surface area contributed by atoms with Gasteiger partial charge in [-0.3, -0.25) is 0 Å². The molecule has 0 radical (unpaired) electrons. The summed E-state index contributed by atoms with van der Waals surface area (Å²) in [6.07, 6.45) is -0.679. The van der Waals surface area contributed by atoms with Gasteiger partial charge in [0.1, 0.15) is 0 Å². The molecule has 0 saturated carbocycles. The molecule has 0 bridgehead atoms. The zero-order valence-corrected chi connectivity index (χ0v) is 5.69. The SMILES string of the molecule is OCC(O)CC1OCCO1. The van der Waals surface area contributed by atoms with Crippen LogP contribution in [0.2, 0.25) is 0 Å². The van der Waals surface area contributed by atoms with Crippen LogP contribution in [0.25, 0.3) is 0 Å². The first-order chi connectivity index (χ1) is 4.83. The molecular weight excluding hydrogens is 136 g/mol. The Labute approximate surface area is 59.4 Å². The summed E-state index contributed by atoms with van der Waals surface area (Å²) in [5.74, 6) is 0. The molecule has 0 spiro atoms. The molecule has 1 aliphatic rings. The van der Waals surface area contributed by atoms with E-state index in [4.69, 9.17) is 19.7 Å². The number of ether oxygens (including phenoxy) is 2. The van der Waals surface area contributed by atoms with Crippen LogP contribution in [0.5, 0.6) is 0 Å². The Morgan fingerprint density at radius 2 is 2.00 bits per heavy atom. The molecule has 0 aromatic heterocycles. The first kappa shape index (κ1) is 7.94. The van der Waals surface area contributed by atoms with Gasteiger partial charge in [-0.1, -0.05) is 0 Å². The van der Waals surface area contributed by atoms with Crippen LogP contribution in [-0.4, -0.2) is 42.4 Å². The summed E-state index contributed by atoms with van der Waals surface area (Å²) in [4.78, 5) is 0. The lowest BCUT2D eigenvalue weighted by molar-refractivity contribution is -0.0771. The van der Waals surface area contributed by atoms with Crippen molar-refractivity contribution in [1.29, 1.82) is 0 Å². The monoisotopic (exact) mass is 148 g/mol. The maximum Gasteiger partial charge on any atom is 0.160 e. The molecule has 1 heterocycles. The molecule has 4 heteroatoms. The highest BCUT2D eigenvalue weighted by atomic mass is 16.7. The van der Waals surface area contributed by atoms with Gasteiger partial charge in [0.2, 0.25) is 0 Å². The molecule has 0 aromatic rings. The van der Waals surface area contributed by atoms with E-state index in [-0.39, 0.29) is 12.9 Å². The Morgan fingerprint density at radius 1 is 1.40 bits per heavy atom. The second kappa shape index (κ2) is 3.88. The van der Waals surface area contributed by atoms with Crippen LogP contribution >= 0.6 is 0 Å². The number of hydrogen-bond donors (Lipinski definition) is 2. The van der Waals surface area contributed by atoms with Gasteiger partial charge in [0.25, 0.3) is 0 Å². The standard InChI is InChI=1S/C6H12O4/c7-4-5(8)3-6-9-1-2-10-6/h5-8H,1-4H2. The fraction of sp³-hybridized carbons (Fsp3) is 1.00. The van der Waals surface area contributed by atoms with Crippen LogP contribution in [0.4, 0.5) is 0 Å². The van der Waals surface area contributed by atoms with Crippen molar-refractivity contribution in [3.05, 3.63) is 0 Å². The van der Waals surface area contributed by atoms with E-state index in [0.29, 0.717) is 19.6 Å². The first-order valence-corrected chi connectivity index (χ1v) is 3.35. The fourth-order valence-corrected chi connectivity index (χ4v) is 0.840. The summed E-state index contributed by atoms with van der Waals surface area (Å²) in [6.45, 7) is 0.939. The Kier molecular flexibility index (Phi) is 3.08. The Balaban J connectivity index is 2.11. The van der Waals surface area contributed by atoms with Gasteiger partial charge in [-0.05, 0) is 0 Å². The predicted octanol–water partition coefficient (Wildman–Crippen LogP) is -0.897. The lowest BCUT2D eigenvalue weighted by Crippen LogP contribution is -2.21. The van der Waals surface area contributed by atoms with Gasteiger partial charge in [-0.2, -0.15) is 0 Å². The molecule has 4 nitrogen and oxygen atoms in total. The predicted molar refractivity (Wildman–Crippen MR) is 33.4 cm³/mol. The minimum absolute atomic E-state index is 0.233. The summed E-state index contributed by atoms with van der Waals surface area (Å²) in [5.41, 5.74) is 0. The molecular formula is C6H12O4. The number of hydrogen-bond acceptors (Lipinski definition) is 4. The Morgan fingerprint density at radius 3 is 2.50 bits per heavy atom. The van der Waals surface area contributed by atoms with E-state index in [2.05, 4.69) is 0 Å². The molecule has 1 atom stereocenters.